The Bertz CT molecular complexity index is 579. The van der Waals surface area contributed by atoms with Crippen molar-refractivity contribution < 1.29 is 19.1 Å². The first-order chi connectivity index (χ1) is 8.77. The van der Waals surface area contributed by atoms with Gasteiger partial charge in [-0.15, -0.1) is 0 Å². The molecule has 2 aromatic rings. The first-order valence-corrected chi connectivity index (χ1v) is 5.59. The molecule has 18 heavy (non-hydrogen) atoms. The van der Waals surface area contributed by atoms with Gasteiger partial charge in [-0.05, 0) is 12.1 Å². The van der Waals surface area contributed by atoms with Crippen molar-refractivity contribution in [2.75, 3.05) is 18.9 Å². The van der Waals surface area contributed by atoms with Gasteiger partial charge >= 0.3 is 0 Å². The number of aromatic hydroxyl groups is 1. The average Bonchev–Trinajstić information content (AvgIpc) is 2.65. The first-order valence-electron chi connectivity index (χ1n) is 5.59. The van der Waals surface area contributed by atoms with Crippen LogP contribution in [0.3, 0.4) is 0 Å². The maximum Gasteiger partial charge on any atom is 0.230 e. The van der Waals surface area contributed by atoms with E-state index in [1.165, 1.54) is 6.20 Å². The van der Waals surface area contributed by atoms with E-state index < -0.39 is 0 Å². The summed E-state index contributed by atoms with van der Waals surface area (Å²) in [7, 11) is 0. The predicted molar refractivity (Wildman–Crippen MR) is 63.6 cm³/mol. The van der Waals surface area contributed by atoms with Crippen molar-refractivity contribution in [3.05, 3.63) is 18.3 Å². The molecule has 3 rings (SSSR count). The fraction of sp³-hybridized carbons (Fsp3) is 0.250. The Kier molecular flexibility index (Phi) is 2.47. The number of phenolic OH excluding ortho intramolecular Hbond substituents is 1. The molecule has 0 saturated heterocycles. The Balaban J connectivity index is 2.13. The molecule has 6 nitrogen and oxygen atoms in total. The molecule has 0 amide bonds. The van der Waals surface area contributed by atoms with Crippen molar-refractivity contribution in [2.24, 2.45) is 0 Å². The number of phenols is 1. The van der Waals surface area contributed by atoms with E-state index in [2.05, 4.69) is 5.16 Å². The summed E-state index contributed by atoms with van der Waals surface area (Å²) in [6.07, 6.45) is 2.23. The molecule has 0 spiro atoms. The molecular weight excluding hydrogens is 236 g/mol. The Hall–Kier alpha value is -2.37. The summed E-state index contributed by atoms with van der Waals surface area (Å²) >= 11 is 0. The maximum atomic E-state index is 10.2. The fourth-order valence-corrected chi connectivity index (χ4v) is 1.89. The van der Waals surface area contributed by atoms with Crippen LogP contribution in [0.5, 0.6) is 17.2 Å². The third-order valence-corrected chi connectivity index (χ3v) is 2.78. The van der Waals surface area contributed by atoms with Crippen LogP contribution in [0.2, 0.25) is 0 Å². The van der Waals surface area contributed by atoms with Gasteiger partial charge in [-0.1, -0.05) is 5.16 Å². The van der Waals surface area contributed by atoms with Crippen LogP contribution in [-0.4, -0.2) is 23.5 Å². The molecule has 1 aliphatic rings. The van der Waals surface area contributed by atoms with E-state index in [4.69, 9.17) is 19.7 Å². The van der Waals surface area contributed by atoms with Crippen LogP contribution in [0.4, 0.5) is 5.88 Å². The van der Waals surface area contributed by atoms with Gasteiger partial charge < -0.3 is 24.8 Å². The quantitative estimate of drug-likeness (QED) is 0.799. The van der Waals surface area contributed by atoms with Gasteiger partial charge in [0, 0.05) is 12.0 Å². The van der Waals surface area contributed by atoms with Gasteiger partial charge in [-0.3, -0.25) is 0 Å². The molecule has 2 heterocycles. The maximum absolute atomic E-state index is 10.2. The van der Waals surface area contributed by atoms with Gasteiger partial charge in [0.15, 0.2) is 11.5 Å². The van der Waals surface area contributed by atoms with Crippen molar-refractivity contribution in [1.29, 1.82) is 0 Å². The molecule has 1 aliphatic heterocycles. The highest BCUT2D eigenvalue weighted by Gasteiger charge is 2.21. The average molecular weight is 248 g/mol. The molecule has 0 saturated carbocycles. The SMILES string of the molecule is Nc1oncc1-c1ccc2c(c1O)OCCCO2. The number of hydrogen-bond acceptors (Lipinski definition) is 6. The van der Waals surface area contributed by atoms with Crippen LogP contribution < -0.4 is 15.2 Å². The second-order valence-electron chi connectivity index (χ2n) is 3.94. The van der Waals surface area contributed by atoms with Crippen molar-refractivity contribution >= 4 is 5.88 Å². The lowest BCUT2D eigenvalue weighted by molar-refractivity contribution is 0.291. The summed E-state index contributed by atoms with van der Waals surface area (Å²) in [5.41, 5.74) is 6.68. The van der Waals surface area contributed by atoms with Crippen molar-refractivity contribution in [2.45, 2.75) is 6.42 Å². The lowest BCUT2D eigenvalue weighted by Gasteiger charge is -2.11. The van der Waals surface area contributed by atoms with E-state index >= 15 is 0 Å². The summed E-state index contributed by atoms with van der Waals surface area (Å²) in [4.78, 5) is 0. The van der Waals surface area contributed by atoms with Gasteiger partial charge in [0.25, 0.3) is 0 Å². The number of aromatic nitrogens is 1. The minimum absolute atomic E-state index is 0.00991. The monoisotopic (exact) mass is 248 g/mol. The molecule has 1 aromatic heterocycles. The molecule has 0 fully saturated rings. The largest absolute Gasteiger partial charge is 0.504 e. The Morgan fingerprint density at radius 2 is 2.00 bits per heavy atom. The Labute approximate surface area is 103 Å². The molecular formula is C12H12N2O4. The van der Waals surface area contributed by atoms with E-state index in [1.54, 1.807) is 12.1 Å². The smallest absolute Gasteiger partial charge is 0.230 e. The van der Waals surface area contributed by atoms with E-state index in [-0.39, 0.29) is 11.6 Å². The third kappa shape index (κ3) is 1.62. The number of fused-ring (bicyclic) bond motifs is 1. The normalized spacial score (nSPS) is 14.2. The molecule has 0 unspecified atom stereocenters. The number of benzene rings is 1. The van der Waals surface area contributed by atoms with Crippen molar-refractivity contribution in [3.8, 4) is 28.4 Å². The number of rotatable bonds is 1. The van der Waals surface area contributed by atoms with E-state index in [1.807, 2.05) is 0 Å². The van der Waals surface area contributed by atoms with Gasteiger partial charge in [0.1, 0.15) is 0 Å². The zero-order chi connectivity index (χ0) is 12.5. The first kappa shape index (κ1) is 10.8. The topological polar surface area (TPSA) is 90.7 Å². The fourth-order valence-electron chi connectivity index (χ4n) is 1.89. The third-order valence-electron chi connectivity index (χ3n) is 2.78. The number of ether oxygens (including phenoxy) is 2. The summed E-state index contributed by atoms with van der Waals surface area (Å²) in [5.74, 6) is 1.01. The second kappa shape index (κ2) is 4.14. The highest BCUT2D eigenvalue weighted by molar-refractivity contribution is 5.80. The predicted octanol–water partition coefficient (Wildman–Crippen LogP) is 1.79. The lowest BCUT2D eigenvalue weighted by atomic mass is 10.1. The number of nitrogens with two attached hydrogens (primary N) is 1. The van der Waals surface area contributed by atoms with Crippen LogP contribution >= 0.6 is 0 Å². The van der Waals surface area contributed by atoms with Crippen LogP contribution in [0.1, 0.15) is 6.42 Å². The molecule has 94 valence electrons. The summed E-state index contributed by atoms with van der Waals surface area (Å²) < 4.78 is 15.8. The number of nitrogens with zero attached hydrogens (tertiary/aromatic N) is 1. The van der Waals surface area contributed by atoms with Crippen LogP contribution in [0, 0.1) is 0 Å². The minimum Gasteiger partial charge on any atom is -0.504 e. The van der Waals surface area contributed by atoms with Crippen molar-refractivity contribution in [3.63, 3.8) is 0 Å². The van der Waals surface area contributed by atoms with Crippen LogP contribution in [-0.2, 0) is 0 Å². The second-order valence-corrected chi connectivity index (χ2v) is 3.94. The highest BCUT2D eigenvalue weighted by atomic mass is 16.5. The lowest BCUT2D eigenvalue weighted by Crippen LogP contribution is -1.97. The molecule has 0 bridgehead atoms. The molecule has 0 radical (unpaired) electrons. The molecule has 0 aliphatic carbocycles. The van der Waals surface area contributed by atoms with Gasteiger partial charge in [-0.2, -0.15) is 0 Å². The van der Waals surface area contributed by atoms with Gasteiger partial charge in [-0.25, -0.2) is 0 Å². The van der Waals surface area contributed by atoms with Gasteiger partial charge in [0.2, 0.25) is 11.6 Å². The number of anilines is 1. The van der Waals surface area contributed by atoms with E-state index in [0.717, 1.165) is 6.42 Å². The van der Waals surface area contributed by atoms with Crippen LogP contribution in [0.25, 0.3) is 11.1 Å². The zero-order valence-electron chi connectivity index (χ0n) is 9.55. The Morgan fingerprint density at radius 3 is 2.78 bits per heavy atom. The van der Waals surface area contributed by atoms with E-state index in [9.17, 15) is 5.11 Å². The van der Waals surface area contributed by atoms with Crippen LogP contribution in [0.15, 0.2) is 22.9 Å². The molecule has 0 atom stereocenters. The highest BCUT2D eigenvalue weighted by Crippen LogP contribution is 2.45. The number of nitrogen functional groups attached to an aromatic ring is 1. The standard InChI is InChI=1S/C12H12N2O4/c13-12-8(6-14-18-12)7-2-3-9-11(10(7)15)17-5-1-4-16-9/h2-3,6,15H,1,4-5,13H2. The van der Waals surface area contributed by atoms with Crippen molar-refractivity contribution in [1.82, 2.24) is 5.16 Å². The summed E-state index contributed by atoms with van der Waals surface area (Å²) in [5, 5.41) is 13.8. The molecule has 1 aromatic carbocycles. The summed E-state index contributed by atoms with van der Waals surface area (Å²) in [6, 6.07) is 3.44. The Morgan fingerprint density at radius 1 is 1.17 bits per heavy atom. The zero-order valence-corrected chi connectivity index (χ0v) is 9.55. The molecule has 3 N–H and O–H groups in total. The van der Waals surface area contributed by atoms with E-state index in [0.29, 0.717) is 35.8 Å². The summed E-state index contributed by atoms with van der Waals surface area (Å²) in [6.45, 7) is 1.07. The molecule has 6 heteroatoms. The van der Waals surface area contributed by atoms with Gasteiger partial charge in [0.05, 0.1) is 25.0 Å². The number of hydrogen-bond donors (Lipinski definition) is 2. The minimum atomic E-state index is -0.00991.